The van der Waals surface area contributed by atoms with Gasteiger partial charge in [-0.15, -0.1) is 5.10 Å². The summed E-state index contributed by atoms with van der Waals surface area (Å²) in [5.41, 5.74) is 6.64. The Hall–Kier alpha value is -3.55. The number of methoxy groups -OCH3 is 1. The van der Waals surface area contributed by atoms with Crippen LogP contribution in [0.4, 0.5) is 5.69 Å². The van der Waals surface area contributed by atoms with Gasteiger partial charge in [-0.3, -0.25) is 9.36 Å². The number of nitrogens with zero attached hydrogens (tertiary/aromatic N) is 7. The standard InChI is InChI=1S/C33H40Cl2N10O2/c1-20-4-3-5-29(43-19-39-25(14-32(43)46)24-13-22(34)6-8-28(24)45-18-30(35)40-42-45)26-12-21(10-11-36-26)33-27(37-15-20)17-44(41-33)23-7-9-31(47-2)38-16-23/h6-9,13-14,16,18-21,26-27,29,33,36-37,41H,3-5,10-12,15,17H2,1-2H3/t20-,21?,26?,27?,29+,33?/m1/s1. The van der Waals surface area contributed by atoms with Crippen molar-refractivity contribution in [1.82, 2.24) is 45.6 Å². The minimum atomic E-state index is -0.0941. The molecule has 0 saturated carbocycles. The lowest BCUT2D eigenvalue weighted by molar-refractivity contribution is 0.177. The molecule has 3 aliphatic rings. The monoisotopic (exact) mass is 678 g/mol. The first-order chi connectivity index (χ1) is 22.9. The summed E-state index contributed by atoms with van der Waals surface area (Å²) in [6.45, 7) is 5.00. The quantitative estimate of drug-likeness (QED) is 0.282. The van der Waals surface area contributed by atoms with Crippen molar-refractivity contribution in [1.29, 1.82) is 0 Å². The van der Waals surface area contributed by atoms with Crippen molar-refractivity contribution in [2.45, 2.75) is 63.2 Å². The molecule has 0 amide bonds. The zero-order chi connectivity index (χ0) is 32.5. The van der Waals surface area contributed by atoms with Crippen molar-refractivity contribution in [2.75, 3.05) is 31.8 Å². The summed E-state index contributed by atoms with van der Waals surface area (Å²) in [7, 11) is 1.63. The molecule has 47 heavy (non-hydrogen) atoms. The van der Waals surface area contributed by atoms with E-state index in [0.29, 0.717) is 39.7 Å². The van der Waals surface area contributed by atoms with Gasteiger partial charge in [0.1, 0.15) is 0 Å². The molecule has 2 bridgehead atoms. The molecule has 6 atom stereocenters. The van der Waals surface area contributed by atoms with E-state index in [4.69, 9.17) is 32.9 Å². The maximum absolute atomic E-state index is 13.9. The van der Waals surface area contributed by atoms with Gasteiger partial charge in [-0.1, -0.05) is 41.8 Å². The fourth-order valence-corrected chi connectivity index (χ4v) is 7.74. The summed E-state index contributed by atoms with van der Waals surface area (Å²) in [4.78, 5) is 23.2. The molecular weight excluding hydrogens is 639 g/mol. The van der Waals surface area contributed by atoms with E-state index in [1.54, 1.807) is 42.5 Å². The lowest BCUT2D eigenvalue weighted by Crippen LogP contribution is -2.54. The highest BCUT2D eigenvalue weighted by Gasteiger charge is 2.41. The number of piperidine rings is 1. The van der Waals surface area contributed by atoms with E-state index in [1.165, 1.54) is 0 Å². The van der Waals surface area contributed by atoms with Crippen LogP contribution in [-0.2, 0) is 0 Å². The molecule has 12 nitrogen and oxygen atoms in total. The molecular formula is C33H40Cl2N10O2. The van der Waals surface area contributed by atoms with E-state index in [9.17, 15) is 4.79 Å². The average molecular weight is 680 g/mol. The van der Waals surface area contributed by atoms with Gasteiger partial charge in [0.2, 0.25) is 5.88 Å². The van der Waals surface area contributed by atoms with Crippen molar-refractivity contribution in [2.24, 2.45) is 11.8 Å². The second kappa shape index (κ2) is 13.9. The number of halogens is 2. The molecule has 6 heterocycles. The first-order valence-corrected chi connectivity index (χ1v) is 17.1. The number of rotatable bonds is 5. The lowest BCUT2D eigenvalue weighted by Gasteiger charge is -2.40. The highest BCUT2D eigenvalue weighted by Crippen LogP contribution is 2.34. The Labute approximate surface area is 283 Å². The van der Waals surface area contributed by atoms with Crippen LogP contribution in [0.2, 0.25) is 10.2 Å². The highest BCUT2D eigenvalue weighted by atomic mass is 35.5. The number of benzene rings is 1. The Morgan fingerprint density at radius 2 is 1.91 bits per heavy atom. The summed E-state index contributed by atoms with van der Waals surface area (Å²) >= 11 is 12.4. The maximum atomic E-state index is 13.9. The highest BCUT2D eigenvalue weighted by molar-refractivity contribution is 6.31. The van der Waals surface area contributed by atoms with Crippen LogP contribution in [-0.4, -0.2) is 74.4 Å². The van der Waals surface area contributed by atoms with E-state index >= 15 is 0 Å². The van der Waals surface area contributed by atoms with Gasteiger partial charge in [0.05, 0.1) is 55.5 Å². The molecule has 4 unspecified atom stereocenters. The number of hydrazine groups is 1. The molecule has 3 aromatic heterocycles. The third-order valence-corrected chi connectivity index (χ3v) is 10.3. The molecule has 7 rings (SSSR count). The van der Waals surface area contributed by atoms with Crippen molar-refractivity contribution in [3.63, 3.8) is 0 Å². The van der Waals surface area contributed by atoms with Crippen LogP contribution in [0.25, 0.3) is 16.9 Å². The number of nitrogens with one attached hydrogen (secondary N) is 3. The fraction of sp³-hybridized carbons (Fsp3) is 0.485. The summed E-state index contributed by atoms with van der Waals surface area (Å²) in [6.07, 6.45) is 10.2. The van der Waals surface area contributed by atoms with Crippen LogP contribution in [0.3, 0.4) is 0 Å². The van der Waals surface area contributed by atoms with Gasteiger partial charge in [0.25, 0.3) is 5.56 Å². The van der Waals surface area contributed by atoms with Gasteiger partial charge in [0.15, 0.2) is 5.15 Å². The average Bonchev–Trinajstić information content (AvgIpc) is 3.72. The van der Waals surface area contributed by atoms with Crippen LogP contribution in [0.1, 0.15) is 45.1 Å². The van der Waals surface area contributed by atoms with E-state index < -0.39 is 0 Å². The number of pyridine rings is 1. The van der Waals surface area contributed by atoms with Gasteiger partial charge < -0.3 is 20.4 Å². The van der Waals surface area contributed by atoms with Crippen molar-refractivity contribution in [3.05, 3.63) is 75.6 Å². The summed E-state index contributed by atoms with van der Waals surface area (Å²) in [6, 6.07) is 11.6. The predicted molar refractivity (Wildman–Crippen MR) is 182 cm³/mol. The van der Waals surface area contributed by atoms with E-state index in [1.807, 2.05) is 29.0 Å². The molecule has 248 valence electrons. The van der Waals surface area contributed by atoms with Crippen LogP contribution in [0.15, 0.2) is 59.9 Å². The molecule has 3 N–H and O–H groups in total. The Morgan fingerprint density at radius 1 is 1.02 bits per heavy atom. The molecule has 3 aliphatic heterocycles. The first-order valence-electron chi connectivity index (χ1n) is 16.3. The maximum Gasteiger partial charge on any atom is 0.254 e. The van der Waals surface area contributed by atoms with Crippen LogP contribution < -0.4 is 31.4 Å². The molecule has 3 saturated heterocycles. The van der Waals surface area contributed by atoms with Gasteiger partial charge in [0, 0.05) is 40.8 Å². The SMILES string of the molecule is COc1ccc(N2CC3NC[C@H](C)CCC[C@H](n4cnc(-c5cc(Cl)ccc5-n5cc(Cl)nn5)cc4=O)C4CC(CCN4)C3N2)cn1. The number of aromatic nitrogens is 6. The van der Waals surface area contributed by atoms with Crippen LogP contribution in [0, 0.1) is 11.8 Å². The van der Waals surface area contributed by atoms with E-state index in [-0.39, 0.29) is 34.9 Å². The van der Waals surface area contributed by atoms with E-state index in [0.717, 1.165) is 57.4 Å². The van der Waals surface area contributed by atoms with Crippen molar-refractivity contribution < 1.29 is 4.74 Å². The molecule has 0 spiro atoms. The molecule has 0 radical (unpaired) electrons. The number of ether oxygens (including phenoxy) is 1. The zero-order valence-corrected chi connectivity index (χ0v) is 28.0. The lowest BCUT2D eigenvalue weighted by atomic mass is 9.80. The Bertz CT molecular complexity index is 1750. The minimum absolute atomic E-state index is 0.0267. The van der Waals surface area contributed by atoms with Crippen LogP contribution in [0.5, 0.6) is 5.88 Å². The number of anilines is 1. The van der Waals surface area contributed by atoms with Gasteiger partial charge in [-0.2, -0.15) is 0 Å². The molecule has 4 aromatic rings. The Balaban J connectivity index is 1.17. The first kappa shape index (κ1) is 32.0. The number of hydrogen-bond donors (Lipinski definition) is 3. The van der Waals surface area contributed by atoms with Crippen molar-refractivity contribution >= 4 is 28.9 Å². The third kappa shape index (κ3) is 6.88. The number of fused-ring (bicyclic) bond motifs is 4. The molecule has 0 aliphatic carbocycles. The zero-order valence-electron chi connectivity index (χ0n) is 26.5. The fourth-order valence-electron chi connectivity index (χ4n) is 7.44. The Kier molecular flexibility index (Phi) is 9.47. The molecule has 3 fully saturated rings. The van der Waals surface area contributed by atoms with Gasteiger partial charge >= 0.3 is 0 Å². The van der Waals surface area contributed by atoms with Gasteiger partial charge in [-0.05, 0) is 74.9 Å². The summed E-state index contributed by atoms with van der Waals surface area (Å²) in [5.74, 6) is 1.52. The second-order valence-corrected chi connectivity index (χ2v) is 13.8. The smallest absolute Gasteiger partial charge is 0.254 e. The predicted octanol–water partition coefficient (Wildman–Crippen LogP) is 4.28. The van der Waals surface area contributed by atoms with Gasteiger partial charge in [-0.25, -0.2) is 20.1 Å². The third-order valence-electron chi connectivity index (χ3n) is 9.88. The second-order valence-electron chi connectivity index (χ2n) is 13.0. The van der Waals surface area contributed by atoms with Crippen molar-refractivity contribution in [3.8, 4) is 22.8 Å². The van der Waals surface area contributed by atoms with Crippen LogP contribution >= 0.6 is 23.2 Å². The molecule has 14 heteroatoms. The summed E-state index contributed by atoms with van der Waals surface area (Å²) < 4.78 is 8.68. The topological polar surface area (TPSA) is 127 Å². The largest absolute Gasteiger partial charge is 0.481 e. The summed E-state index contributed by atoms with van der Waals surface area (Å²) in [5, 5.41) is 18.7. The van der Waals surface area contributed by atoms with E-state index in [2.05, 4.69) is 43.3 Å². The number of hydrogen-bond acceptors (Lipinski definition) is 10. The Morgan fingerprint density at radius 3 is 2.68 bits per heavy atom. The normalized spacial score (nSPS) is 26.7. The molecule has 1 aromatic carbocycles. The minimum Gasteiger partial charge on any atom is -0.481 e.